The lowest BCUT2D eigenvalue weighted by atomic mass is 10.3. The van der Waals surface area contributed by atoms with Gasteiger partial charge in [-0.25, -0.2) is 4.98 Å². The second-order valence-electron chi connectivity index (χ2n) is 3.66. The topological polar surface area (TPSA) is 114 Å². The van der Waals surface area contributed by atoms with E-state index in [1.54, 1.807) is 12.3 Å². The van der Waals surface area contributed by atoms with Crippen LogP contribution in [0.15, 0.2) is 5.38 Å². The monoisotopic (exact) mass is 265 g/mol. The Hall–Kier alpha value is -2.22. The van der Waals surface area contributed by atoms with E-state index in [4.69, 9.17) is 5.73 Å². The smallest absolute Gasteiger partial charge is 0.280 e. The Bertz CT molecular complexity index is 616. The summed E-state index contributed by atoms with van der Waals surface area (Å²) in [6.45, 7) is 3.13. The zero-order valence-corrected chi connectivity index (χ0v) is 10.6. The highest BCUT2D eigenvalue weighted by molar-refractivity contribution is 7.14. The van der Waals surface area contributed by atoms with Gasteiger partial charge in [-0.1, -0.05) is 0 Å². The zero-order chi connectivity index (χ0) is 13.3. The molecular weight excluding hydrogens is 254 g/mol. The van der Waals surface area contributed by atoms with Gasteiger partial charge in [-0.3, -0.25) is 20.0 Å². The number of nitrogens with zero attached hydrogens (tertiary/aromatic N) is 2. The predicted octanol–water partition coefficient (Wildman–Crippen LogP) is 1.21. The van der Waals surface area contributed by atoms with E-state index in [9.17, 15) is 9.59 Å². The molecule has 2 aromatic rings. The van der Waals surface area contributed by atoms with Crippen molar-refractivity contribution in [2.45, 2.75) is 13.8 Å². The van der Waals surface area contributed by atoms with Crippen LogP contribution in [0.2, 0.25) is 0 Å². The molecule has 0 bridgehead atoms. The van der Waals surface area contributed by atoms with Gasteiger partial charge in [-0.05, 0) is 6.92 Å². The Labute approximate surface area is 106 Å². The van der Waals surface area contributed by atoms with E-state index in [-0.39, 0.29) is 11.5 Å². The molecule has 7 nitrogen and oxygen atoms in total. The van der Waals surface area contributed by atoms with Crippen molar-refractivity contribution in [1.29, 1.82) is 0 Å². The number of nitrogens with one attached hydrogen (secondary N) is 2. The van der Waals surface area contributed by atoms with Crippen LogP contribution in [0.5, 0.6) is 0 Å². The number of H-pyrrole nitrogens is 1. The van der Waals surface area contributed by atoms with Crippen LogP contribution in [0.3, 0.4) is 0 Å². The van der Waals surface area contributed by atoms with Crippen LogP contribution < -0.4 is 11.1 Å². The number of anilines is 2. The molecule has 1 amide bonds. The average molecular weight is 265 g/mol. The maximum Gasteiger partial charge on any atom is 0.280 e. The summed E-state index contributed by atoms with van der Waals surface area (Å²) in [6.07, 6.45) is 0. The summed E-state index contributed by atoms with van der Waals surface area (Å²) < 4.78 is 0. The van der Waals surface area contributed by atoms with Gasteiger partial charge < -0.3 is 5.73 Å². The fourth-order valence-electron chi connectivity index (χ4n) is 1.26. The molecule has 4 N–H and O–H groups in total. The van der Waals surface area contributed by atoms with Crippen molar-refractivity contribution in [1.82, 2.24) is 15.2 Å². The van der Waals surface area contributed by atoms with Crippen LogP contribution in [-0.2, 0) is 0 Å². The van der Waals surface area contributed by atoms with Gasteiger partial charge in [0.15, 0.2) is 16.6 Å². The third-order valence-electron chi connectivity index (χ3n) is 2.29. The number of nitrogen functional groups attached to an aromatic ring is 1. The van der Waals surface area contributed by atoms with Crippen molar-refractivity contribution in [3.8, 4) is 0 Å². The van der Waals surface area contributed by atoms with Crippen molar-refractivity contribution >= 4 is 33.8 Å². The van der Waals surface area contributed by atoms with E-state index in [0.29, 0.717) is 22.2 Å². The highest BCUT2D eigenvalue weighted by Crippen LogP contribution is 2.18. The minimum absolute atomic E-state index is 0.118. The molecule has 0 saturated carbocycles. The number of hydrogen-bond acceptors (Lipinski definition) is 6. The van der Waals surface area contributed by atoms with Crippen LogP contribution in [-0.4, -0.2) is 26.9 Å². The lowest BCUT2D eigenvalue weighted by Crippen LogP contribution is -2.14. The molecule has 2 rings (SSSR count). The van der Waals surface area contributed by atoms with Gasteiger partial charge >= 0.3 is 0 Å². The normalized spacial score (nSPS) is 10.3. The highest BCUT2D eigenvalue weighted by Gasteiger charge is 2.17. The van der Waals surface area contributed by atoms with Crippen LogP contribution in [0.25, 0.3) is 0 Å². The summed E-state index contributed by atoms with van der Waals surface area (Å²) in [5.74, 6) is -0.608. The first kappa shape index (κ1) is 12.2. The zero-order valence-electron chi connectivity index (χ0n) is 9.77. The first-order valence-corrected chi connectivity index (χ1v) is 5.95. The Balaban J connectivity index is 2.16. The number of Topliss-reactive ketones (excluding diaryl/α,β-unsaturated/α-hetero) is 1. The Morgan fingerprint density at radius 1 is 1.50 bits per heavy atom. The van der Waals surface area contributed by atoms with Gasteiger partial charge in [0.05, 0.1) is 11.4 Å². The molecule has 0 unspecified atom stereocenters. The summed E-state index contributed by atoms with van der Waals surface area (Å²) in [7, 11) is 0. The van der Waals surface area contributed by atoms with Crippen molar-refractivity contribution in [3.63, 3.8) is 0 Å². The van der Waals surface area contributed by atoms with E-state index >= 15 is 0 Å². The molecule has 0 aromatic carbocycles. The number of thiazole rings is 1. The number of hydrogen-bond donors (Lipinski definition) is 3. The fraction of sp³-hybridized carbons (Fsp3) is 0.200. The van der Waals surface area contributed by atoms with Crippen LogP contribution in [0, 0.1) is 6.92 Å². The summed E-state index contributed by atoms with van der Waals surface area (Å²) in [6, 6.07) is 0. The second kappa shape index (κ2) is 4.57. The van der Waals surface area contributed by atoms with E-state index < -0.39 is 5.91 Å². The summed E-state index contributed by atoms with van der Waals surface area (Å²) >= 11 is 1.17. The number of aromatic nitrogens is 3. The number of aromatic amines is 1. The van der Waals surface area contributed by atoms with Crippen LogP contribution in [0.4, 0.5) is 10.8 Å². The molecule has 0 saturated heterocycles. The Morgan fingerprint density at radius 3 is 2.72 bits per heavy atom. The number of ketones is 1. The molecule has 2 heterocycles. The average Bonchev–Trinajstić information content (AvgIpc) is 2.88. The SMILES string of the molecule is CC(=O)c1csc(NC(=O)c2n[nH]c(C)c2N)n1. The molecule has 0 aliphatic carbocycles. The molecule has 8 heteroatoms. The fourth-order valence-corrected chi connectivity index (χ4v) is 2.00. The second-order valence-corrected chi connectivity index (χ2v) is 4.52. The molecule has 2 aromatic heterocycles. The number of nitrogens with two attached hydrogens (primary N) is 1. The summed E-state index contributed by atoms with van der Waals surface area (Å²) in [5, 5.41) is 10.9. The van der Waals surface area contributed by atoms with Crippen molar-refractivity contribution < 1.29 is 9.59 Å². The molecular formula is C10H11N5O2S. The van der Waals surface area contributed by atoms with Gasteiger partial charge in [-0.2, -0.15) is 5.10 Å². The minimum atomic E-state index is -0.457. The quantitative estimate of drug-likeness (QED) is 0.722. The van der Waals surface area contributed by atoms with Crippen molar-refractivity contribution in [2.24, 2.45) is 0 Å². The predicted molar refractivity (Wildman–Crippen MR) is 67.8 cm³/mol. The van der Waals surface area contributed by atoms with Gasteiger partial charge in [0.1, 0.15) is 5.69 Å². The van der Waals surface area contributed by atoms with Gasteiger partial charge in [0, 0.05) is 12.3 Å². The van der Waals surface area contributed by atoms with E-state index in [2.05, 4.69) is 20.5 Å². The minimum Gasteiger partial charge on any atom is -0.395 e. The van der Waals surface area contributed by atoms with Crippen LogP contribution >= 0.6 is 11.3 Å². The van der Waals surface area contributed by atoms with E-state index in [1.807, 2.05) is 0 Å². The number of aryl methyl sites for hydroxylation is 1. The van der Waals surface area contributed by atoms with Gasteiger partial charge in [0.2, 0.25) is 0 Å². The number of rotatable bonds is 3. The number of carbonyl (C=O) groups excluding carboxylic acids is 2. The van der Waals surface area contributed by atoms with Gasteiger partial charge in [-0.15, -0.1) is 11.3 Å². The van der Waals surface area contributed by atoms with Crippen LogP contribution in [0.1, 0.15) is 33.6 Å². The van der Waals surface area contributed by atoms with Crippen molar-refractivity contribution in [2.75, 3.05) is 11.1 Å². The summed E-state index contributed by atoms with van der Waals surface area (Å²) in [4.78, 5) is 26.9. The first-order chi connectivity index (χ1) is 8.49. The molecule has 0 aliphatic rings. The highest BCUT2D eigenvalue weighted by atomic mass is 32.1. The maximum absolute atomic E-state index is 11.8. The Morgan fingerprint density at radius 2 is 2.22 bits per heavy atom. The lowest BCUT2D eigenvalue weighted by Gasteiger charge is -1.98. The van der Waals surface area contributed by atoms with Crippen molar-refractivity contribution in [3.05, 3.63) is 22.5 Å². The van der Waals surface area contributed by atoms with E-state index in [0.717, 1.165) is 0 Å². The van der Waals surface area contributed by atoms with Gasteiger partial charge in [0.25, 0.3) is 5.91 Å². The molecule has 18 heavy (non-hydrogen) atoms. The number of carbonyl (C=O) groups is 2. The molecule has 94 valence electrons. The molecule has 0 aliphatic heterocycles. The Kier molecular flexibility index (Phi) is 3.11. The van der Waals surface area contributed by atoms with E-state index in [1.165, 1.54) is 18.3 Å². The standard InChI is InChI=1S/C10H11N5O2S/c1-4-7(11)8(15-14-4)9(17)13-10-12-6(3-18-10)5(2)16/h3H,11H2,1-2H3,(H,14,15)(H,12,13,17). The molecule has 0 spiro atoms. The first-order valence-electron chi connectivity index (χ1n) is 5.07. The number of amides is 1. The summed E-state index contributed by atoms with van der Waals surface area (Å²) in [5.41, 5.74) is 7.05. The molecule has 0 atom stereocenters. The molecule has 0 radical (unpaired) electrons. The molecule has 0 fully saturated rings. The third-order valence-corrected chi connectivity index (χ3v) is 3.05. The lowest BCUT2D eigenvalue weighted by molar-refractivity contribution is 0.100. The largest absolute Gasteiger partial charge is 0.395 e. The maximum atomic E-state index is 11.8. The third kappa shape index (κ3) is 2.23.